The van der Waals surface area contributed by atoms with Crippen molar-refractivity contribution in [2.45, 2.75) is 44.6 Å². The SMILES string of the molecule is Cl.NC(CC(=O)N1CCC(Cc2cccc(F)c2)CC1)C1CC1. The van der Waals surface area contributed by atoms with Crippen LogP contribution in [0.5, 0.6) is 0 Å². The molecule has 0 bridgehead atoms. The molecule has 5 heteroatoms. The molecule has 128 valence electrons. The quantitative estimate of drug-likeness (QED) is 0.895. The van der Waals surface area contributed by atoms with E-state index in [1.807, 2.05) is 11.0 Å². The minimum Gasteiger partial charge on any atom is -0.343 e. The second-order valence-corrected chi connectivity index (χ2v) is 6.86. The summed E-state index contributed by atoms with van der Waals surface area (Å²) >= 11 is 0. The summed E-state index contributed by atoms with van der Waals surface area (Å²) in [5, 5.41) is 0. The lowest BCUT2D eigenvalue weighted by Gasteiger charge is -2.32. The third-order valence-electron chi connectivity index (χ3n) is 5.02. The molecule has 1 saturated carbocycles. The molecule has 3 nitrogen and oxygen atoms in total. The first-order chi connectivity index (χ1) is 10.6. The molecule has 1 aliphatic heterocycles. The third-order valence-corrected chi connectivity index (χ3v) is 5.02. The highest BCUT2D eigenvalue weighted by Gasteiger charge is 2.31. The summed E-state index contributed by atoms with van der Waals surface area (Å²) in [5.41, 5.74) is 7.10. The van der Waals surface area contributed by atoms with Crippen LogP contribution in [-0.4, -0.2) is 29.9 Å². The number of halogens is 2. The third kappa shape index (κ3) is 5.18. The number of piperidine rings is 1. The fourth-order valence-corrected chi connectivity index (χ4v) is 3.41. The van der Waals surface area contributed by atoms with Gasteiger partial charge >= 0.3 is 0 Å². The zero-order valence-electron chi connectivity index (χ0n) is 13.4. The first-order valence-corrected chi connectivity index (χ1v) is 8.39. The van der Waals surface area contributed by atoms with E-state index in [2.05, 4.69) is 0 Å². The first-order valence-electron chi connectivity index (χ1n) is 8.39. The van der Waals surface area contributed by atoms with Gasteiger partial charge in [0.1, 0.15) is 5.82 Å². The number of rotatable bonds is 5. The Morgan fingerprint density at radius 2 is 1.96 bits per heavy atom. The van der Waals surface area contributed by atoms with E-state index in [1.54, 1.807) is 12.1 Å². The summed E-state index contributed by atoms with van der Waals surface area (Å²) in [5.74, 6) is 1.17. The minimum atomic E-state index is -0.167. The second-order valence-electron chi connectivity index (χ2n) is 6.86. The number of nitrogens with two attached hydrogens (primary N) is 1. The van der Waals surface area contributed by atoms with Gasteiger partial charge in [-0.25, -0.2) is 4.39 Å². The van der Waals surface area contributed by atoms with E-state index >= 15 is 0 Å². The van der Waals surface area contributed by atoms with Crippen LogP contribution < -0.4 is 5.73 Å². The van der Waals surface area contributed by atoms with Crippen LogP contribution in [0.2, 0.25) is 0 Å². The fraction of sp³-hybridized carbons (Fsp3) is 0.611. The summed E-state index contributed by atoms with van der Waals surface area (Å²) in [7, 11) is 0. The number of hydrogen-bond donors (Lipinski definition) is 1. The van der Waals surface area contributed by atoms with E-state index in [4.69, 9.17) is 5.73 Å². The molecule has 0 aromatic heterocycles. The Morgan fingerprint density at radius 1 is 1.26 bits per heavy atom. The molecule has 2 aliphatic rings. The number of hydrogen-bond acceptors (Lipinski definition) is 2. The molecule has 1 saturated heterocycles. The molecule has 1 aromatic rings. The van der Waals surface area contributed by atoms with Crippen molar-refractivity contribution in [3.63, 3.8) is 0 Å². The van der Waals surface area contributed by atoms with Crippen LogP contribution in [0.15, 0.2) is 24.3 Å². The van der Waals surface area contributed by atoms with Gasteiger partial charge in [-0.3, -0.25) is 4.79 Å². The lowest BCUT2D eigenvalue weighted by atomic mass is 9.90. The summed E-state index contributed by atoms with van der Waals surface area (Å²) in [6.07, 6.45) is 5.77. The van der Waals surface area contributed by atoms with Gasteiger partial charge in [0.2, 0.25) is 5.91 Å². The van der Waals surface area contributed by atoms with Crippen LogP contribution in [0.4, 0.5) is 4.39 Å². The van der Waals surface area contributed by atoms with Gasteiger partial charge in [0, 0.05) is 25.6 Å². The van der Waals surface area contributed by atoms with Gasteiger partial charge in [-0.15, -0.1) is 12.4 Å². The lowest BCUT2D eigenvalue weighted by Crippen LogP contribution is -2.41. The number of likely N-dealkylation sites (tertiary alicyclic amines) is 1. The number of carbonyl (C=O) groups excluding carboxylic acids is 1. The smallest absolute Gasteiger partial charge is 0.224 e. The molecule has 23 heavy (non-hydrogen) atoms. The predicted molar refractivity (Wildman–Crippen MR) is 92.0 cm³/mol. The van der Waals surface area contributed by atoms with E-state index in [9.17, 15) is 9.18 Å². The van der Waals surface area contributed by atoms with E-state index < -0.39 is 0 Å². The van der Waals surface area contributed by atoms with Crippen molar-refractivity contribution in [1.29, 1.82) is 0 Å². The monoisotopic (exact) mass is 340 g/mol. The van der Waals surface area contributed by atoms with Crippen molar-refractivity contribution in [1.82, 2.24) is 4.90 Å². The maximum absolute atomic E-state index is 13.2. The fourth-order valence-electron chi connectivity index (χ4n) is 3.41. The zero-order chi connectivity index (χ0) is 15.5. The normalized spacial score (nSPS) is 20.0. The molecule has 2 N–H and O–H groups in total. The summed E-state index contributed by atoms with van der Waals surface area (Å²) in [6, 6.07) is 6.90. The van der Waals surface area contributed by atoms with Gasteiger partial charge in [0.15, 0.2) is 0 Å². The maximum atomic E-state index is 13.2. The average molecular weight is 341 g/mol. The number of carbonyl (C=O) groups is 1. The summed E-state index contributed by atoms with van der Waals surface area (Å²) in [6.45, 7) is 1.63. The van der Waals surface area contributed by atoms with Gasteiger partial charge in [-0.05, 0) is 61.6 Å². The predicted octanol–water partition coefficient (Wildman–Crippen LogP) is 3.16. The van der Waals surface area contributed by atoms with Crippen LogP contribution >= 0.6 is 12.4 Å². The second kappa shape index (κ2) is 8.11. The molecule has 1 amide bonds. The summed E-state index contributed by atoms with van der Waals surface area (Å²) in [4.78, 5) is 14.2. The standard InChI is InChI=1S/C18H25FN2O.ClH/c19-16-3-1-2-14(11-16)10-13-6-8-21(9-7-13)18(22)12-17(20)15-4-5-15;/h1-3,11,13,15,17H,4-10,12,20H2;1H. The molecule has 0 radical (unpaired) electrons. The van der Waals surface area contributed by atoms with Gasteiger partial charge in [0.05, 0.1) is 0 Å². The largest absolute Gasteiger partial charge is 0.343 e. The topological polar surface area (TPSA) is 46.3 Å². The molecule has 1 unspecified atom stereocenters. The Morgan fingerprint density at radius 3 is 2.57 bits per heavy atom. The van der Waals surface area contributed by atoms with Crippen molar-refractivity contribution < 1.29 is 9.18 Å². The van der Waals surface area contributed by atoms with E-state index in [-0.39, 0.29) is 30.2 Å². The van der Waals surface area contributed by atoms with E-state index in [0.717, 1.165) is 37.9 Å². The van der Waals surface area contributed by atoms with Gasteiger partial charge in [-0.1, -0.05) is 12.1 Å². The maximum Gasteiger partial charge on any atom is 0.224 e. The number of benzene rings is 1. The Balaban J connectivity index is 0.00000192. The molecule has 1 heterocycles. The van der Waals surface area contributed by atoms with Crippen molar-refractivity contribution in [2.75, 3.05) is 13.1 Å². The van der Waals surface area contributed by atoms with E-state index in [1.165, 1.54) is 18.9 Å². The van der Waals surface area contributed by atoms with Crippen LogP contribution in [-0.2, 0) is 11.2 Å². The average Bonchev–Trinajstić information content (AvgIpc) is 3.32. The van der Waals surface area contributed by atoms with Crippen molar-refractivity contribution in [2.24, 2.45) is 17.6 Å². The molecule has 0 spiro atoms. The highest BCUT2D eigenvalue weighted by Crippen LogP contribution is 2.33. The van der Waals surface area contributed by atoms with Gasteiger partial charge in [-0.2, -0.15) is 0 Å². The molecule has 1 aliphatic carbocycles. The van der Waals surface area contributed by atoms with Crippen molar-refractivity contribution in [3.8, 4) is 0 Å². The van der Waals surface area contributed by atoms with E-state index in [0.29, 0.717) is 18.3 Å². The van der Waals surface area contributed by atoms with Crippen molar-refractivity contribution >= 4 is 18.3 Å². The Kier molecular flexibility index (Phi) is 6.42. The lowest BCUT2D eigenvalue weighted by molar-refractivity contribution is -0.133. The Labute approximate surface area is 143 Å². The Bertz CT molecular complexity index is 528. The number of amides is 1. The highest BCUT2D eigenvalue weighted by molar-refractivity contribution is 5.85. The van der Waals surface area contributed by atoms with Gasteiger partial charge in [0.25, 0.3) is 0 Å². The minimum absolute atomic E-state index is 0. The Hall–Kier alpha value is -1.13. The van der Waals surface area contributed by atoms with Gasteiger partial charge < -0.3 is 10.6 Å². The first kappa shape index (κ1) is 18.2. The van der Waals surface area contributed by atoms with Crippen molar-refractivity contribution in [3.05, 3.63) is 35.6 Å². The molecular weight excluding hydrogens is 315 g/mol. The molecule has 1 atom stereocenters. The number of nitrogens with zero attached hydrogens (tertiary/aromatic N) is 1. The zero-order valence-corrected chi connectivity index (χ0v) is 14.2. The van der Waals surface area contributed by atoms with Crippen LogP contribution in [0.1, 0.15) is 37.7 Å². The highest BCUT2D eigenvalue weighted by atomic mass is 35.5. The molecule has 1 aromatic carbocycles. The summed E-state index contributed by atoms with van der Waals surface area (Å²) < 4.78 is 13.2. The molecular formula is C18H26ClFN2O. The van der Waals surface area contributed by atoms with Crippen LogP contribution in [0.3, 0.4) is 0 Å². The van der Waals surface area contributed by atoms with Crippen LogP contribution in [0, 0.1) is 17.7 Å². The molecule has 3 rings (SSSR count). The van der Waals surface area contributed by atoms with Crippen LogP contribution in [0.25, 0.3) is 0 Å². The molecule has 2 fully saturated rings.